The number of hydrogen-bond acceptors (Lipinski definition) is 7. The molecule has 0 unspecified atom stereocenters. The minimum absolute atomic E-state index is 0.227. The number of likely N-dealkylation sites (tertiary alicyclic amines) is 1. The summed E-state index contributed by atoms with van der Waals surface area (Å²) >= 11 is 10.5. The number of hydrogen-bond donors (Lipinski definition) is 1. The van der Waals surface area contributed by atoms with Gasteiger partial charge in [0.25, 0.3) is 0 Å². The van der Waals surface area contributed by atoms with Crippen molar-refractivity contribution in [3.63, 3.8) is 0 Å². The Bertz CT molecular complexity index is 1860. The number of aryl methyl sites for hydroxylation is 1. The Morgan fingerprint density at radius 3 is 2.50 bits per heavy atom. The van der Waals surface area contributed by atoms with Crippen LogP contribution in [0.3, 0.4) is 0 Å². The lowest BCUT2D eigenvalue weighted by atomic mass is 10.00. The van der Waals surface area contributed by atoms with E-state index in [0.29, 0.717) is 22.1 Å². The highest BCUT2D eigenvalue weighted by atomic mass is 79.9. The summed E-state index contributed by atoms with van der Waals surface area (Å²) in [5.41, 5.74) is 12.3. The second kappa shape index (κ2) is 15.1. The highest BCUT2D eigenvalue weighted by molar-refractivity contribution is 9.10. The van der Waals surface area contributed by atoms with Gasteiger partial charge in [0.2, 0.25) is 0 Å². The van der Waals surface area contributed by atoms with Crippen molar-refractivity contribution in [3.8, 4) is 28.7 Å². The number of nitriles is 1. The molecule has 6 rings (SSSR count). The largest absolute Gasteiger partial charge is 0.488 e. The summed E-state index contributed by atoms with van der Waals surface area (Å²) in [7, 11) is 0. The number of ether oxygens (including phenoxy) is 2. The average molecular weight is 700 g/mol. The van der Waals surface area contributed by atoms with E-state index in [2.05, 4.69) is 60.8 Å². The number of rotatable bonds is 13. The minimum atomic E-state index is 0.227. The van der Waals surface area contributed by atoms with Gasteiger partial charge in [0, 0.05) is 58.1 Å². The molecule has 1 aliphatic rings. The number of fused-ring (bicyclic) bond motifs is 1. The van der Waals surface area contributed by atoms with E-state index in [1.807, 2.05) is 18.3 Å². The number of nitrogens with zero attached hydrogens (tertiary/aromatic N) is 5. The molecule has 5 aromatic rings. The molecule has 0 radical (unpaired) electrons. The summed E-state index contributed by atoms with van der Waals surface area (Å²) in [6.45, 7) is 5.34. The molecule has 0 aliphatic carbocycles. The molecule has 8 nitrogen and oxygen atoms in total. The van der Waals surface area contributed by atoms with Gasteiger partial charge in [0.05, 0.1) is 22.3 Å². The monoisotopic (exact) mass is 698 g/mol. The third-order valence-corrected chi connectivity index (χ3v) is 9.62. The number of nitrogens with two attached hydrogens (primary N) is 1. The van der Waals surface area contributed by atoms with Crippen LogP contribution in [0.15, 0.2) is 77.7 Å². The fourth-order valence-electron chi connectivity index (χ4n) is 5.94. The van der Waals surface area contributed by atoms with Gasteiger partial charge in [-0.2, -0.15) is 10.4 Å². The summed E-state index contributed by atoms with van der Waals surface area (Å²) in [5.74, 6) is 1.06. The molecule has 0 amide bonds. The number of aromatic nitrogens is 3. The molecule has 0 spiro atoms. The van der Waals surface area contributed by atoms with E-state index in [4.69, 9.17) is 31.9 Å². The minimum Gasteiger partial charge on any atom is -0.488 e. The molecule has 0 bridgehead atoms. The molecule has 2 aromatic heterocycles. The van der Waals surface area contributed by atoms with Gasteiger partial charge in [-0.25, -0.2) is 0 Å². The molecule has 10 heteroatoms. The van der Waals surface area contributed by atoms with Crippen molar-refractivity contribution in [1.82, 2.24) is 19.7 Å². The van der Waals surface area contributed by atoms with Gasteiger partial charge in [0.15, 0.2) is 0 Å². The smallest absolute Gasteiger partial charge is 0.142 e. The lowest BCUT2D eigenvalue weighted by molar-refractivity contribution is 0.287. The first-order chi connectivity index (χ1) is 22.5. The predicted octanol–water partition coefficient (Wildman–Crippen LogP) is 7.88. The second-order valence-corrected chi connectivity index (χ2v) is 12.7. The molecule has 0 atom stereocenters. The van der Waals surface area contributed by atoms with Crippen molar-refractivity contribution < 1.29 is 9.47 Å². The van der Waals surface area contributed by atoms with E-state index < -0.39 is 0 Å². The number of unbranched alkanes of at least 4 members (excludes halogenated alkanes) is 1. The zero-order chi connectivity index (χ0) is 31.9. The Morgan fingerprint density at radius 2 is 1.67 bits per heavy atom. The highest BCUT2D eigenvalue weighted by Gasteiger charge is 2.16. The fraction of sp³-hybridized carbons (Fsp3) is 0.306. The van der Waals surface area contributed by atoms with Crippen LogP contribution in [0.25, 0.3) is 22.0 Å². The lowest BCUT2D eigenvalue weighted by Crippen LogP contribution is -2.20. The first-order valence-corrected chi connectivity index (χ1v) is 16.8. The maximum absolute atomic E-state index is 9.18. The molecule has 1 fully saturated rings. The highest BCUT2D eigenvalue weighted by Crippen LogP contribution is 2.38. The Labute approximate surface area is 282 Å². The van der Waals surface area contributed by atoms with E-state index in [1.165, 1.54) is 45.1 Å². The predicted molar refractivity (Wildman–Crippen MR) is 185 cm³/mol. The zero-order valence-electron chi connectivity index (χ0n) is 25.6. The van der Waals surface area contributed by atoms with Gasteiger partial charge >= 0.3 is 0 Å². The van der Waals surface area contributed by atoms with Crippen LogP contribution < -0.4 is 15.2 Å². The van der Waals surface area contributed by atoms with Gasteiger partial charge in [-0.15, -0.1) is 0 Å². The van der Waals surface area contributed by atoms with Gasteiger partial charge < -0.3 is 20.1 Å². The normalized spacial score (nSPS) is 13.3. The number of halogens is 2. The van der Waals surface area contributed by atoms with Crippen molar-refractivity contribution >= 4 is 38.4 Å². The number of pyridine rings is 1. The van der Waals surface area contributed by atoms with Crippen LogP contribution in [0.4, 0.5) is 0 Å². The second-order valence-electron chi connectivity index (χ2n) is 11.5. The quantitative estimate of drug-likeness (QED) is 0.125. The summed E-state index contributed by atoms with van der Waals surface area (Å²) in [5, 5.41) is 15.5. The van der Waals surface area contributed by atoms with Crippen molar-refractivity contribution in [2.75, 3.05) is 19.6 Å². The van der Waals surface area contributed by atoms with Crippen LogP contribution in [-0.4, -0.2) is 39.3 Å². The van der Waals surface area contributed by atoms with Gasteiger partial charge in [-0.3, -0.25) is 9.67 Å². The van der Waals surface area contributed by atoms with E-state index in [0.717, 1.165) is 56.2 Å². The standard InChI is InChI=1S/C36H36BrClN6O2/c37-36-27(24-46-35-17-34(28(19-40)16-32(35)38)45-23-26-15-25(18-39)20-41-21-26)7-5-9-30(36)29-8-6-10-33-31(29)22-42-44(33)14-4-3-13-43-11-1-2-12-43/h5-10,15-17,20-22H,1-4,11-14,19,23-24,40H2. The molecule has 46 heavy (non-hydrogen) atoms. The van der Waals surface area contributed by atoms with Crippen LogP contribution in [0, 0.1) is 11.3 Å². The third-order valence-electron chi connectivity index (χ3n) is 8.39. The molecule has 1 aliphatic heterocycles. The Morgan fingerprint density at radius 1 is 0.891 bits per heavy atom. The van der Waals surface area contributed by atoms with Crippen molar-refractivity contribution in [3.05, 3.63) is 105 Å². The Balaban J connectivity index is 1.16. The van der Waals surface area contributed by atoms with Crippen molar-refractivity contribution in [1.29, 1.82) is 5.26 Å². The van der Waals surface area contributed by atoms with Crippen LogP contribution in [0.5, 0.6) is 11.5 Å². The van der Waals surface area contributed by atoms with Gasteiger partial charge in [-0.1, -0.05) is 41.9 Å². The van der Waals surface area contributed by atoms with E-state index >= 15 is 0 Å². The molecule has 2 N–H and O–H groups in total. The molecular weight excluding hydrogens is 664 g/mol. The summed E-state index contributed by atoms with van der Waals surface area (Å²) in [6.07, 6.45) is 10.1. The Kier molecular flexibility index (Phi) is 10.5. The topological polar surface area (TPSA) is 102 Å². The average Bonchev–Trinajstić information content (AvgIpc) is 3.76. The first kappa shape index (κ1) is 32.0. The maximum atomic E-state index is 9.18. The van der Waals surface area contributed by atoms with Crippen molar-refractivity contribution in [2.45, 2.75) is 52.0 Å². The SMILES string of the molecule is N#Cc1cncc(COc2cc(OCc3cccc(-c4cccc5c4cnn5CCCCN4CCCC4)c3Br)c(Cl)cc2CN)c1. The van der Waals surface area contributed by atoms with Crippen LogP contribution in [0.2, 0.25) is 5.02 Å². The molecule has 236 valence electrons. The first-order valence-electron chi connectivity index (χ1n) is 15.6. The van der Waals surface area contributed by atoms with Crippen LogP contribution in [0.1, 0.15) is 47.9 Å². The van der Waals surface area contributed by atoms with E-state index in [-0.39, 0.29) is 19.8 Å². The molecular formula is C36H36BrClN6O2. The third kappa shape index (κ3) is 7.37. The maximum Gasteiger partial charge on any atom is 0.142 e. The summed E-state index contributed by atoms with van der Waals surface area (Å²) in [6, 6.07) is 20.0. The van der Waals surface area contributed by atoms with Crippen molar-refractivity contribution in [2.24, 2.45) is 5.73 Å². The summed E-state index contributed by atoms with van der Waals surface area (Å²) < 4.78 is 15.4. The zero-order valence-corrected chi connectivity index (χ0v) is 27.9. The summed E-state index contributed by atoms with van der Waals surface area (Å²) in [4.78, 5) is 6.67. The molecule has 0 saturated carbocycles. The van der Waals surface area contributed by atoms with Crippen LogP contribution in [-0.2, 0) is 26.3 Å². The Hall–Kier alpha value is -3.94. The van der Waals surface area contributed by atoms with Gasteiger partial charge in [0.1, 0.15) is 30.8 Å². The molecule has 3 aromatic carbocycles. The van der Waals surface area contributed by atoms with Gasteiger partial charge in [-0.05, 0) is 90.6 Å². The van der Waals surface area contributed by atoms with E-state index in [9.17, 15) is 5.26 Å². The molecule has 3 heterocycles. The number of benzene rings is 3. The van der Waals surface area contributed by atoms with E-state index in [1.54, 1.807) is 24.4 Å². The fourth-order valence-corrected chi connectivity index (χ4v) is 6.78. The van der Waals surface area contributed by atoms with Crippen LogP contribution >= 0.6 is 27.5 Å². The lowest BCUT2D eigenvalue weighted by Gasteiger charge is -2.16. The molecule has 1 saturated heterocycles.